The zero-order valence-electron chi connectivity index (χ0n) is 19.2. The molecule has 0 spiro atoms. The minimum Gasteiger partial charge on any atom is -0.478 e. The summed E-state index contributed by atoms with van der Waals surface area (Å²) in [4.78, 5) is 30.8. The van der Waals surface area contributed by atoms with Crippen molar-refractivity contribution in [3.05, 3.63) is 53.5 Å². The quantitative estimate of drug-likeness (QED) is 0.596. The van der Waals surface area contributed by atoms with E-state index in [1.54, 1.807) is 12.1 Å². The Labute approximate surface area is 199 Å². The Morgan fingerprint density at radius 2 is 1.77 bits per heavy atom. The lowest BCUT2D eigenvalue weighted by Crippen LogP contribution is -2.55. The first kappa shape index (κ1) is 24.7. The second-order valence-electron chi connectivity index (χ2n) is 9.46. The zero-order chi connectivity index (χ0) is 25.5. The van der Waals surface area contributed by atoms with Gasteiger partial charge in [-0.1, -0.05) is 0 Å². The van der Waals surface area contributed by atoms with Crippen molar-refractivity contribution in [3.63, 3.8) is 0 Å². The highest BCUT2D eigenvalue weighted by Gasteiger charge is 2.43. The number of carbonyl (C=O) groups excluding carboxylic acids is 2. The molecule has 35 heavy (non-hydrogen) atoms. The molecule has 11 heteroatoms. The van der Waals surface area contributed by atoms with Gasteiger partial charge < -0.3 is 20.7 Å². The topological polar surface area (TPSA) is 97.5 Å². The Balaban J connectivity index is 1.40. The van der Waals surface area contributed by atoms with Crippen LogP contribution in [0.4, 0.5) is 23.4 Å². The predicted octanol–water partition coefficient (Wildman–Crippen LogP) is 3.81. The summed E-state index contributed by atoms with van der Waals surface area (Å²) >= 11 is 0. The number of carbonyl (C=O) groups is 2. The molecule has 2 aliphatic rings. The molecule has 4 rings (SSSR count). The van der Waals surface area contributed by atoms with Crippen LogP contribution in [-0.2, 0) is 11.0 Å². The maximum Gasteiger partial charge on any atom is 0.419 e. The van der Waals surface area contributed by atoms with Crippen molar-refractivity contribution in [2.45, 2.75) is 69.4 Å². The molecule has 1 unspecified atom stereocenters. The number of nitrogens with one attached hydrogen (secondary N) is 1. The maximum absolute atomic E-state index is 13.6. The summed E-state index contributed by atoms with van der Waals surface area (Å²) in [7, 11) is 0. The number of halogens is 4. The minimum absolute atomic E-state index is 0.140. The van der Waals surface area contributed by atoms with Crippen molar-refractivity contribution in [2.24, 2.45) is 5.73 Å². The monoisotopic (exact) mass is 494 g/mol. The average Bonchev–Trinajstić information content (AvgIpc) is 3.04. The Morgan fingerprint density at radius 3 is 2.31 bits per heavy atom. The molecule has 2 aliphatic heterocycles. The first-order valence-electron chi connectivity index (χ1n) is 11.3. The second kappa shape index (κ2) is 9.01. The number of nitrogens with zero attached hydrogens (tertiary/aromatic N) is 2. The van der Waals surface area contributed by atoms with Gasteiger partial charge in [-0.05, 0) is 69.9 Å². The second-order valence-corrected chi connectivity index (χ2v) is 9.46. The summed E-state index contributed by atoms with van der Waals surface area (Å²) in [6.07, 6.45) is -0.265. The standard InChI is InChI=1S/C24H26F4N4O3/c1-23(2,35-17-6-7-19(25)18(11-17)24(26,27)28)22(34)31-14-9-15-4-5-16(10-14)32(15)20-8-3-13(12-30-20)21(29)33/h3,6-8,11-12,14-16H,4-5,9-10H2,1-2H3,(H2,29,33)(H,31,34)/t14?,15-,16+. The van der Waals surface area contributed by atoms with Crippen molar-refractivity contribution >= 4 is 17.6 Å². The predicted molar refractivity (Wildman–Crippen MR) is 119 cm³/mol. The highest BCUT2D eigenvalue weighted by atomic mass is 19.4. The molecule has 2 aromatic rings. The van der Waals surface area contributed by atoms with Crippen LogP contribution in [0, 0.1) is 5.82 Å². The highest BCUT2D eigenvalue weighted by Crippen LogP contribution is 2.39. The lowest BCUT2D eigenvalue weighted by atomic mass is 9.96. The fourth-order valence-corrected chi connectivity index (χ4v) is 4.84. The molecule has 2 bridgehead atoms. The SMILES string of the molecule is CC(C)(Oc1ccc(F)c(C(F)(F)F)c1)C(=O)NC1C[C@H]2CC[C@@H](C1)N2c1ccc(C(N)=O)cn1. The van der Waals surface area contributed by atoms with Crippen LogP contribution < -0.4 is 20.7 Å². The maximum atomic E-state index is 13.6. The number of alkyl halides is 3. The van der Waals surface area contributed by atoms with Crippen molar-refractivity contribution in [3.8, 4) is 5.75 Å². The number of aromatic nitrogens is 1. The number of fused-ring (bicyclic) bond motifs is 2. The molecule has 1 aromatic carbocycles. The van der Waals surface area contributed by atoms with E-state index in [1.807, 2.05) is 0 Å². The van der Waals surface area contributed by atoms with Crippen LogP contribution in [0.15, 0.2) is 36.5 Å². The number of ether oxygens (including phenoxy) is 1. The first-order valence-corrected chi connectivity index (χ1v) is 11.3. The number of anilines is 1. The largest absolute Gasteiger partial charge is 0.478 e. The molecule has 2 saturated heterocycles. The molecule has 2 fully saturated rings. The smallest absolute Gasteiger partial charge is 0.419 e. The summed E-state index contributed by atoms with van der Waals surface area (Å²) in [5.41, 5.74) is 2.67. The third kappa shape index (κ3) is 5.18. The number of hydrogen-bond donors (Lipinski definition) is 2. The fourth-order valence-electron chi connectivity index (χ4n) is 4.84. The van der Waals surface area contributed by atoms with Crippen LogP contribution in [0.3, 0.4) is 0 Å². The third-order valence-electron chi connectivity index (χ3n) is 6.53. The van der Waals surface area contributed by atoms with E-state index in [0.29, 0.717) is 30.5 Å². The highest BCUT2D eigenvalue weighted by molar-refractivity contribution is 5.92. The number of pyridine rings is 1. The molecular weight excluding hydrogens is 468 g/mol. The molecule has 0 radical (unpaired) electrons. The summed E-state index contributed by atoms with van der Waals surface area (Å²) in [5.74, 6) is -1.94. The number of nitrogens with two attached hydrogens (primary N) is 1. The van der Waals surface area contributed by atoms with Gasteiger partial charge in [0.1, 0.15) is 17.4 Å². The first-order chi connectivity index (χ1) is 16.3. The van der Waals surface area contributed by atoms with Crippen molar-refractivity contribution < 1.29 is 31.9 Å². The fraction of sp³-hybridized carbons (Fsp3) is 0.458. The Bertz CT molecular complexity index is 1110. The van der Waals surface area contributed by atoms with Gasteiger partial charge in [0.2, 0.25) is 5.91 Å². The molecular formula is C24H26F4N4O3. The van der Waals surface area contributed by atoms with Crippen molar-refractivity contribution in [1.29, 1.82) is 0 Å². The van der Waals surface area contributed by atoms with E-state index in [4.69, 9.17) is 10.5 Å². The third-order valence-corrected chi connectivity index (χ3v) is 6.53. The molecule has 3 heterocycles. The molecule has 2 amide bonds. The van der Waals surface area contributed by atoms with Gasteiger partial charge in [-0.2, -0.15) is 13.2 Å². The number of piperidine rings is 1. The normalized spacial score (nSPS) is 22.1. The van der Waals surface area contributed by atoms with Gasteiger partial charge in [-0.25, -0.2) is 9.37 Å². The van der Waals surface area contributed by atoms with Gasteiger partial charge in [0.25, 0.3) is 5.91 Å². The van der Waals surface area contributed by atoms with E-state index in [0.717, 1.165) is 24.7 Å². The van der Waals surface area contributed by atoms with Gasteiger partial charge in [-0.15, -0.1) is 0 Å². The molecule has 0 aliphatic carbocycles. The Kier molecular flexibility index (Phi) is 6.37. The lowest BCUT2D eigenvalue weighted by Gasteiger charge is -2.40. The van der Waals surface area contributed by atoms with E-state index in [-0.39, 0.29) is 23.9 Å². The van der Waals surface area contributed by atoms with Crippen LogP contribution in [0.5, 0.6) is 5.75 Å². The van der Waals surface area contributed by atoms with E-state index in [9.17, 15) is 27.2 Å². The van der Waals surface area contributed by atoms with Gasteiger partial charge in [0.15, 0.2) is 5.60 Å². The van der Waals surface area contributed by atoms with Crippen LogP contribution in [0.1, 0.15) is 55.5 Å². The zero-order valence-corrected chi connectivity index (χ0v) is 19.2. The van der Waals surface area contributed by atoms with Crippen LogP contribution >= 0.6 is 0 Å². The number of amides is 2. The van der Waals surface area contributed by atoms with Crippen molar-refractivity contribution in [1.82, 2.24) is 10.3 Å². The molecule has 7 nitrogen and oxygen atoms in total. The van der Waals surface area contributed by atoms with E-state index >= 15 is 0 Å². The van der Waals surface area contributed by atoms with E-state index in [2.05, 4.69) is 15.2 Å². The van der Waals surface area contributed by atoms with Gasteiger partial charge in [0.05, 0.1) is 11.1 Å². The minimum atomic E-state index is -4.88. The molecule has 188 valence electrons. The van der Waals surface area contributed by atoms with Gasteiger partial charge in [0, 0.05) is 24.3 Å². The molecule has 1 aromatic heterocycles. The summed E-state index contributed by atoms with van der Waals surface area (Å²) in [6.45, 7) is 2.90. The molecule has 3 atom stereocenters. The van der Waals surface area contributed by atoms with Crippen LogP contribution in [-0.4, -0.2) is 40.5 Å². The summed E-state index contributed by atoms with van der Waals surface area (Å²) in [6, 6.07) is 5.82. The van der Waals surface area contributed by atoms with Crippen LogP contribution in [0.25, 0.3) is 0 Å². The van der Waals surface area contributed by atoms with Crippen molar-refractivity contribution in [2.75, 3.05) is 4.90 Å². The van der Waals surface area contributed by atoms with E-state index in [1.165, 1.54) is 20.0 Å². The van der Waals surface area contributed by atoms with Gasteiger partial charge >= 0.3 is 6.18 Å². The molecule has 3 N–H and O–H groups in total. The number of rotatable bonds is 6. The van der Waals surface area contributed by atoms with Gasteiger partial charge in [-0.3, -0.25) is 9.59 Å². The Morgan fingerprint density at radius 1 is 1.11 bits per heavy atom. The summed E-state index contributed by atoms with van der Waals surface area (Å²) in [5, 5.41) is 2.96. The number of primary amides is 1. The van der Waals surface area contributed by atoms with E-state index < -0.39 is 35.0 Å². The summed E-state index contributed by atoms with van der Waals surface area (Å²) < 4.78 is 58.2. The molecule has 0 saturated carbocycles. The average molecular weight is 494 g/mol. The van der Waals surface area contributed by atoms with Crippen LogP contribution in [0.2, 0.25) is 0 Å². The number of hydrogen-bond acceptors (Lipinski definition) is 5. The lowest BCUT2D eigenvalue weighted by molar-refractivity contribution is -0.140. The number of benzene rings is 1. The Hall–Kier alpha value is -3.37.